The van der Waals surface area contributed by atoms with Crippen LogP contribution in [-0.4, -0.2) is 16.3 Å². The molecule has 0 fully saturated rings. The van der Waals surface area contributed by atoms with E-state index in [4.69, 9.17) is 5.11 Å². The van der Waals surface area contributed by atoms with Gasteiger partial charge in [0.25, 0.3) is 0 Å². The lowest BCUT2D eigenvalue weighted by atomic mass is 10.4. The van der Waals surface area contributed by atoms with Gasteiger partial charge >= 0.3 is 13.6 Å². The highest BCUT2D eigenvalue weighted by molar-refractivity contribution is 8.78. The first-order valence-electron chi connectivity index (χ1n) is 2.52. The van der Waals surface area contributed by atoms with Crippen LogP contribution in [0.3, 0.4) is 0 Å². The average Bonchev–Trinajstić information content (AvgIpc) is 2.32. The molecule has 1 aliphatic rings. The molecule has 1 heterocycles. The molecule has 1 aliphatic heterocycles. The molecule has 1 atom stereocenters. The molecule has 60 valence electrons. The van der Waals surface area contributed by atoms with Crippen LogP contribution in [0.2, 0.25) is 0 Å². The maximum absolute atomic E-state index is 10.4. The summed E-state index contributed by atoms with van der Waals surface area (Å²) in [6.45, 7) is 0. The van der Waals surface area contributed by atoms with Crippen LogP contribution in [0.1, 0.15) is 0 Å². The van der Waals surface area contributed by atoms with Gasteiger partial charge in [-0.1, -0.05) is 21.6 Å². The van der Waals surface area contributed by atoms with Crippen LogP contribution in [0.5, 0.6) is 0 Å². The predicted octanol–water partition coefficient (Wildman–Crippen LogP) is 1.85. The van der Waals surface area contributed by atoms with Gasteiger partial charge in [-0.3, -0.25) is 4.79 Å². The van der Waals surface area contributed by atoms with E-state index in [-0.39, 0.29) is 5.31 Å². The molecule has 1 unspecified atom stereocenters. The summed E-state index contributed by atoms with van der Waals surface area (Å²) in [5, 5.41) is 8.92. The molecule has 1 N–H and O–H groups in total. The Bertz CT molecular complexity index is 274. The fraction of sp³-hybridized carbons (Fsp3) is 0.250. The van der Waals surface area contributed by atoms with Gasteiger partial charge < -0.3 is 5.11 Å². The summed E-state index contributed by atoms with van der Waals surface area (Å²) in [4.78, 5) is 10.4. The Morgan fingerprint density at radius 2 is 2.27 bits per heavy atom. The quantitative estimate of drug-likeness (QED) is 0.554. The van der Waals surface area contributed by atoms with Crippen molar-refractivity contribution in [1.82, 2.24) is 0 Å². The third kappa shape index (κ3) is 1.89. The average molecular weight is 210 g/mol. The number of hydrogen-bond acceptors (Lipinski definition) is 5. The van der Waals surface area contributed by atoms with Crippen molar-refractivity contribution in [1.29, 1.82) is 0 Å². The maximum atomic E-state index is 10.4. The lowest BCUT2D eigenvalue weighted by Gasteiger charge is -1.98. The minimum absolute atomic E-state index is 0.0116. The molecule has 11 heavy (non-hydrogen) atoms. The van der Waals surface area contributed by atoms with Crippen LogP contribution in [0, 0.1) is 0 Å². The molecule has 1 rings (SSSR count). The van der Waals surface area contributed by atoms with Crippen LogP contribution >= 0.6 is 29.3 Å². The van der Waals surface area contributed by atoms with Crippen molar-refractivity contribution in [3.63, 3.8) is 0 Å². The highest BCUT2D eigenvalue weighted by atomic mass is 33.1. The number of carbonyl (C=O) groups is 1. The van der Waals surface area contributed by atoms with E-state index >= 15 is 0 Å². The zero-order chi connectivity index (χ0) is 8.43. The molecule has 0 aromatic rings. The van der Waals surface area contributed by atoms with Crippen LogP contribution in [-0.2, 0) is 13.9 Å². The Morgan fingerprint density at radius 1 is 1.64 bits per heavy atom. The smallest absolute Gasteiger partial charge is 0.346 e. The van der Waals surface area contributed by atoms with E-state index in [1.165, 1.54) is 5.41 Å². The predicted molar refractivity (Wildman–Crippen MR) is 43.0 cm³/mol. The number of carboxylic acids is 1. The van der Waals surface area contributed by atoms with Gasteiger partial charge in [0.15, 0.2) is 0 Å². The summed E-state index contributed by atoms with van der Waals surface area (Å²) in [7, 11) is -0.570. The molecule has 0 aliphatic carbocycles. The second-order valence-electron chi connectivity index (χ2n) is 1.71. The second-order valence-corrected chi connectivity index (χ2v) is 4.99. The Balaban J connectivity index is 2.87. The van der Waals surface area contributed by atoms with Gasteiger partial charge in [0.1, 0.15) is 5.25 Å². The molecule has 4 nitrogen and oxygen atoms in total. The van der Waals surface area contributed by atoms with E-state index < -0.39 is 18.9 Å². The molecule has 0 amide bonds. The molecule has 0 bridgehead atoms. The summed E-state index contributed by atoms with van der Waals surface area (Å²) < 4.78 is 20.8. The van der Waals surface area contributed by atoms with Crippen LogP contribution < -0.4 is 0 Å². The van der Waals surface area contributed by atoms with Gasteiger partial charge in [-0.15, -0.1) is 0 Å². The molecule has 0 radical (unpaired) electrons. The zero-order valence-corrected chi connectivity index (χ0v) is 7.62. The first-order chi connectivity index (χ1) is 5.13. The van der Waals surface area contributed by atoms with Gasteiger partial charge in [-0.05, 0) is 5.41 Å². The molecular weight excluding hydrogens is 207 g/mol. The van der Waals surface area contributed by atoms with Gasteiger partial charge in [-0.2, -0.15) is 0 Å². The molecule has 0 aromatic heterocycles. The fourth-order valence-corrected chi connectivity index (χ4v) is 4.30. The Morgan fingerprint density at radius 3 is 2.64 bits per heavy atom. The van der Waals surface area contributed by atoms with Crippen molar-refractivity contribution in [2.75, 3.05) is 0 Å². The van der Waals surface area contributed by atoms with Crippen LogP contribution in [0.25, 0.3) is 0 Å². The lowest BCUT2D eigenvalue weighted by Crippen LogP contribution is -2.13. The van der Waals surface area contributed by atoms with Gasteiger partial charge in [0, 0.05) is 0 Å². The second kappa shape index (κ2) is 3.47. The van der Waals surface area contributed by atoms with Crippen molar-refractivity contribution >= 4 is 35.2 Å². The number of rotatable bonds is 2. The minimum Gasteiger partial charge on any atom is -0.480 e. The number of hydrogen-bond donors (Lipinski definition) is 1. The third-order valence-corrected chi connectivity index (χ3v) is 4.49. The van der Waals surface area contributed by atoms with E-state index in [9.17, 15) is 13.9 Å². The molecular formula is C4H3O4PS2. The lowest BCUT2D eigenvalue weighted by molar-refractivity contribution is -0.135. The molecule has 7 heteroatoms. The Hall–Kier alpha value is -0.190. The summed E-state index contributed by atoms with van der Waals surface area (Å²) in [5.74, 6) is -1.11. The first kappa shape index (κ1) is 8.90. The van der Waals surface area contributed by atoms with E-state index in [0.29, 0.717) is 0 Å². The van der Waals surface area contributed by atoms with Crippen molar-refractivity contribution in [3.8, 4) is 0 Å². The Labute approximate surface area is 70.7 Å². The van der Waals surface area contributed by atoms with Gasteiger partial charge in [0.2, 0.25) is 0 Å². The van der Waals surface area contributed by atoms with Crippen molar-refractivity contribution in [2.24, 2.45) is 0 Å². The first-order valence-corrected chi connectivity index (χ1v) is 5.97. The van der Waals surface area contributed by atoms with Crippen molar-refractivity contribution < 1.29 is 19.0 Å². The van der Waals surface area contributed by atoms with Crippen LogP contribution in [0.15, 0.2) is 10.7 Å². The van der Waals surface area contributed by atoms with Gasteiger partial charge in [-0.25, -0.2) is 9.13 Å². The van der Waals surface area contributed by atoms with E-state index in [1.54, 1.807) is 0 Å². The summed E-state index contributed by atoms with van der Waals surface area (Å²) in [5.41, 5.74) is 0. The normalized spacial score (nSPS) is 22.9. The van der Waals surface area contributed by atoms with Crippen LogP contribution in [0.4, 0.5) is 0 Å². The largest absolute Gasteiger partial charge is 0.480 e. The zero-order valence-electron chi connectivity index (χ0n) is 5.09. The minimum atomic E-state index is -2.73. The maximum Gasteiger partial charge on any atom is 0.346 e. The molecule has 0 aromatic carbocycles. The Kier molecular flexibility index (Phi) is 2.81. The van der Waals surface area contributed by atoms with Crippen molar-refractivity contribution in [3.05, 3.63) is 10.7 Å². The molecule has 0 saturated carbocycles. The van der Waals surface area contributed by atoms with E-state index in [0.717, 1.165) is 21.6 Å². The number of carboxylic acid groups (broad SMARTS) is 1. The fourth-order valence-electron chi connectivity index (χ4n) is 0.550. The topological polar surface area (TPSA) is 71.4 Å². The summed E-state index contributed by atoms with van der Waals surface area (Å²) in [6, 6.07) is 0. The number of aliphatic carboxylic acids is 1. The van der Waals surface area contributed by atoms with E-state index in [2.05, 4.69) is 0 Å². The molecule has 0 spiro atoms. The third-order valence-electron chi connectivity index (χ3n) is 1.02. The van der Waals surface area contributed by atoms with Gasteiger partial charge in [0.05, 0.1) is 5.31 Å². The van der Waals surface area contributed by atoms with Crippen molar-refractivity contribution in [2.45, 2.75) is 5.25 Å². The highest BCUT2D eigenvalue weighted by Crippen LogP contribution is 2.46. The summed E-state index contributed by atoms with van der Waals surface area (Å²) in [6.07, 6.45) is 0. The molecule has 0 saturated heterocycles. The highest BCUT2D eigenvalue weighted by Gasteiger charge is 2.31. The monoisotopic (exact) mass is 210 g/mol. The standard InChI is InChI=1S/C4H3O4PS2/c5-4(6)3-2(9(7)8)1-10-11-3/h1,3H,(H,5,6). The summed E-state index contributed by atoms with van der Waals surface area (Å²) >= 11 is 0. The van der Waals surface area contributed by atoms with E-state index in [1.807, 2.05) is 0 Å². The SMILES string of the molecule is O=C(O)C1SSC=C1P(=O)=O.